The summed E-state index contributed by atoms with van der Waals surface area (Å²) >= 11 is 0. The Morgan fingerprint density at radius 2 is 2.15 bits per heavy atom. The fourth-order valence-corrected chi connectivity index (χ4v) is 2.33. The second-order valence-corrected chi connectivity index (χ2v) is 5.06. The summed E-state index contributed by atoms with van der Waals surface area (Å²) in [4.78, 5) is 11.5. The Bertz CT molecular complexity index is 485. The molecule has 1 fully saturated rings. The van der Waals surface area contributed by atoms with Gasteiger partial charge >= 0.3 is 0 Å². The van der Waals surface area contributed by atoms with Gasteiger partial charge < -0.3 is 26.2 Å². The molecule has 1 amide bonds. The fraction of sp³-hybridized carbons (Fsp3) is 0.500. The number of aliphatic hydroxyl groups is 1. The lowest BCUT2D eigenvalue weighted by molar-refractivity contribution is 0.0380. The number of ether oxygens (including phenoxy) is 1. The van der Waals surface area contributed by atoms with Crippen molar-refractivity contribution >= 4 is 17.3 Å². The molecule has 1 aliphatic rings. The molecule has 0 radical (unpaired) electrons. The Balaban J connectivity index is 2.18. The topological polar surface area (TPSA) is 96.6 Å². The quantitative estimate of drug-likeness (QED) is 0.605. The molecule has 0 atom stereocenters. The summed E-state index contributed by atoms with van der Waals surface area (Å²) in [7, 11) is 1.58. The van der Waals surface area contributed by atoms with Crippen LogP contribution in [0.3, 0.4) is 0 Å². The van der Waals surface area contributed by atoms with Crippen molar-refractivity contribution in [2.45, 2.75) is 18.4 Å². The molecule has 1 aromatic carbocycles. The van der Waals surface area contributed by atoms with Gasteiger partial charge in [-0.1, -0.05) is 0 Å². The number of hydrogen-bond donors (Lipinski definition) is 4. The average Bonchev–Trinajstić information content (AvgIpc) is 2.49. The van der Waals surface area contributed by atoms with Gasteiger partial charge in [0.25, 0.3) is 5.91 Å². The number of rotatable bonds is 4. The van der Waals surface area contributed by atoms with E-state index in [4.69, 9.17) is 10.5 Å². The maximum Gasteiger partial charge on any atom is 0.251 e. The smallest absolute Gasteiger partial charge is 0.251 e. The molecule has 0 saturated carbocycles. The summed E-state index contributed by atoms with van der Waals surface area (Å²) in [6.07, 6.45) is 1.44. The van der Waals surface area contributed by atoms with E-state index in [2.05, 4.69) is 10.6 Å². The van der Waals surface area contributed by atoms with E-state index >= 15 is 0 Å². The van der Waals surface area contributed by atoms with Crippen molar-refractivity contribution in [2.24, 2.45) is 0 Å². The lowest BCUT2D eigenvalue weighted by Gasteiger charge is -2.37. The van der Waals surface area contributed by atoms with Crippen molar-refractivity contribution in [3.63, 3.8) is 0 Å². The first-order chi connectivity index (χ1) is 9.60. The van der Waals surface area contributed by atoms with Gasteiger partial charge in [0.1, 0.15) is 0 Å². The number of aliphatic hydroxyl groups excluding tert-OH is 1. The molecule has 1 aliphatic heterocycles. The first-order valence-corrected chi connectivity index (χ1v) is 6.69. The summed E-state index contributed by atoms with van der Waals surface area (Å²) in [6.45, 7) is 1.25. The third-order valence-electron chi connectivity index (χ3n) is 3.69. The zero-order valence-corrected chi connectivity index (χ0v) is 11.6. The Morgan fingerprint density at radius 1 is 1.45 bits per heavy atom. The van der Waals surface area contributed by atoms with Crippen LogP contribution in [-0.2, 0) is 4.74 Å². The fourth-order valence-electron chi connectivity index (χ4n) is 2.33. The number of benzene rings is 1. The van der Waals surface area contributed by atoms with Crippen LogP contribution in [0.4, 0.5) is 11.4 Å². The first-order valence-electron chi connectivity index (χ1n) is 6.69. The normalized spacial score (nSPS) is 17.5. The van der Waals surface area contributed by atoms with Crippen LogP contribution in [-0.4, -0.2) is 43.4 Å². The van der Waals surface area contributed by atoms with Gasteiger partial charge in [-0.05, 0) is 31.0 Å². The molecule has 0 spiro atoms. The minimum Gasteiger partial charge on any atom is -0.397 e. The lowest BCUT2D eigenvalue weighted by atomic mass is 9.90. The highest BCUT2D eigenvalue weighted by Crippen LogP contribution is 2.29. The average molecular weight is 279 g/mol. The predicted octanol–water partition coefficient (Wildman–Crippen LogP) is 0.582. The molecule has 5 N–H and O–H groups in total. The van der Waals surface area contributed by atoms with Crippen LogP contribution >= 0.6 is 0 Å². The van der Waals surface area contributed by atoms with Crippen LogP contribution in [0, 0.1) is 0 Å². The number of carbonyl (C=O) groups excluding carboxylic acids is 1. The van der Waals surface area contributed by atoms with Crippen LogP contribution in [0.15, 0.2) is 18.2 Å². The Kier molecular flexibility index (Phi) is 4.46. The van der Waals surface area contributed by atoms with Gasteiger partial charge in [-0.2, -0.15) is 0 Å². The molecule has 1 saturated heterocycles. The maximum atomic E-state index is 11.5. The van der Waals surface area contributed by atoms with E-state index in [1.807, 2.05) is 0 Å². The Morgan fingerprint density at radius 3 is 2.70 bits per heavy atom. The molecule has 0 aromatic heterocycles. The van der Waals surface area contributed by atoms with Gasteiger partial charge in [-0.25, -0.2) is 0 Å². The molecule has 110 valence electrons. The number of carbonyl (C=O) groups is 1. The third kappa shape index (κ3) is 3.02. The van der Waals surface area contributed by atoms with E-state index in [0.29, 0.717) is 24.5 Å². The second-order valence-electron chi connectivity index (χ2n) is 5.06. The summed E-state index contributed by atoms with van der Waals surface area (Å²) in [5.74, 6) is -0.175. The number of hydrogen-bond acceptors (Lipinski definition) is 5. The van der Waals surface area contributed by atoms with Crippen LogP contribution in [0.5, 0.6) is 0 Å². The third-order valence-corrected chi connectivity index (χ3v) is 3.69. The molecule has 6 nitrogen and oxygen atoms in total. The first kappa shape index (κ1) is 14.6. The monoisotopic (exact) mass is 279 g/mol. The number of nitrogens with one attached hydrogen (secondary N) is 2. The highest BCUT2D eigenvalue weighted by Gasteiger charge is 2.32. The Hall–Kier alpha value is -1.79. The van der Waals surface area contributed by atoms with E-state index < -0.39 is 5.54 Å². The van der Waals surface area contributed by atoms with E-state index in [9.17, 15) is 9.90 Å². The van der Waals surface area contributed by atoms with Crippen molar-refractivity contribution in [1.29, 1.82) is 0 Å². The highest BCUT2D eigenvalue weighted by atomic mass is 16.5. The zero-order chi connectivity index (χ0) is 14.6. The second kappa shape index (κ2) is 6.11. The number of amides is 1. The van der Waals surface area contributed by atoms with Gasteiger partial charge in [-0.15, -0.1) is 0 Å². The lowest BCUT2D eigenvalue weighted by Crippen LogP contribution is -2.47. The van der Waals surface area contributed by atoms with Crippen LogP contribution in [0.25, 0.3) is 0 Å². The minimum atomic E-state index is -0.402. The van der Waals surface area contributed by atoms with Gasteiger partial charge in [0.15, 0.2) is 0 Å². The number of anilines is 2. The van der Waals surface area contributed by atoms with E-state index in [1.54, 1.807) is 25.2 Å². The SMILES string of the molecule is CNC(=O)c1ccc(NC2(CO)CCOCC2)c(N)c1. The molecular formula is C14H21N3O3. The Labute approximate surface area is 118 Å². The van der Waals surface area contributed by atoms with Crippen LogP contribution in [0.1, 0.15) is 23.2 Å². The molecule has 0 aliphatic carbocycles. The molecule has 0 bridgehead atoms. The van der Waals surface area contributed by atoms with Crippen molar-refractivity contribution < 1.29 is 14.6 Å². The van der Waals surface area contributed by atoms with Crippen LogP contribution < -0.4 is 16.4 Å². The predicted molar refractivity (Wildman–Crippen MR) is 77.7 cm³/mol. The summed E-state index contributed by atoms with van der Waals surface area (Å²) in [6, 6.07) is 5.11. The van der Waals surface area contributed by atoms with Crippen molar-refractivity contribution in [1.82, 2.24) is 5.32 Å². The standard InChI is InChI=1S/C14H21N3O3/c1-16-13(19)10-2-3-12(11(15)8-10)17-14(9-18)4-6-20-7-5-14/h2-3,8,17-18H,4-7,9,15H2,1H3,(H,16,19). The van der Waals surface area contributed by atoms with Crippen molar-refractivity contribution in [3.8, 4) is 0 Å². The molecule has 2 rings (SSSR count). The van der Waals surface area contributed by atoms with Gasteiger partial charge in [0, 0.05) is 25.8 Å². The minimum absolute atomic E-state index is 0.0208. The van der Waals surface area contributed by atoms with Gasteiger partial charge in [0.2, 0.25) is 0 Å². The summed E-state index contributed by atoms with van der Waals surface area (Å²) in [5.41, 5.74) is 7.32. The largest absolute Gasteiger partial charge is 0.397 e. The van der Waals surface area contributed by atoms with Gasteiger partial charge in [0.05, 0.1) is 23.5 Å². The zero-order valence-electron chi connectivity index (χ0n) is 11.6. The summed E-state index contributed by atoms with van der Waals surface area (Å²) < 4.78 is 5.32. The number of nitrogen functional groups attached to an aromatic ring is 1. The van der Waals surface area contributed by atoms with E-state index in [0.717, 1.165) is 18.5 Å². The number of nitrogens with two attached hydrogens (primary N) is 1. The molecule has 0 unspecified atom stereocenters. The van der Waals surface area contributed by atoms with Gasteiger partial charge in [-0.3, -0.25) is 4.79 Å². The van der Waals surface area contributed by atoms with Crippen molar-refractivity contribution in [2.75, 3.05) is 37.9 Å². The van der Waals surface area contributed by atoms with E-state index in [-0.39, 0.29) is 12.5 Å². The molecule has 1 aromatic rings. The summed E-state index contributed by atoms with van der Waals surface area (Å²) in [5, 5.41) is 15.5. The maximum absolute atomic E-state index is 11.5. The molecule has 6 heteroatoms. The van der Waals surface area contributed by atoms with Crippen molar-refractivity contribution in [3.05, 3.63) is 23.8 Å². The molecule has 20 heavy (non-hydrogen) atoms. The highest BCUT2D eigenvalue weighted by molar-refractivity contribution is 5.95. The molecular weight excluding hydrogens is 258 g/mol. The molecule has 1 heterocycles. The van der Waals surface area contributed by atoms with Crippen LogP contribution in [0.2, 0.25) is 0 Å². The van der Waals surface area contributed by atoms with E-state index in [1.165, 1.54) is 0 Å².